The van der Waals surface area contributed by atoms with Gasteiger partial charge in [0, 0.05) is 38.5 Å². The molecule has 1 unspecified atom stereocenters. The number of benzene rings is 1. The number of pyridine rings is 1. The maximum Gasteiger partial charge on any atom is 0.296 e. The first-order valence-corrected chi connectivity index (χ1v) is 12.7. The molecule has 1 aromatic carbocycles. The van der Waals surface area contributed by atoms with Crippen molar-refractivity contribution < 1.29 is 14.3 Å². The zero-order chi connectivity index (χ0) is 25.4. The van der Waals surface area contributed by atoms with Crippen molar-refractivity contribution in [3.63, 3.8) is 0 Å². The second kappa shape index (κ2) is 9.93. The zero-order valence-corrected chi connectivity index (χ0v) is 21.4. The van der Waals surface area contributed by atoms with Crippen molar-refractivity contribution in [2.75, 3.05) is 14.1 Å². The standard InChI is InChI=1S/C27H30ClN5O3/c1-15(34)29-20-10-8-17(9-11-20)16-4-6-18(7-5-16)24-22(28)14-23-25(31-24)32-27(30-23)36-21-12-19(13-21)26(35)33(2)3/h4-8,14,19-21H,9-13H2,1-3H3,(H,29,34)(H,30,31,32)/t19-,20?,21+. The minimum atomic E-state index is -0.0374. The second-order valence-electron chi connectivity index (χ2n) is 9.85. The summed E-state index contributed by atoms with van der Waals surface area (Å²) in [7, 11) is 3.54. The maximum absolute atomic E-state index is 12.0. The molecule has 0 aliphatic heterocycles. The van der Waals surface area contributed by atoms with Crippen LogP contribution < -0.4 is 10.1 Å². The largest absolute Gasteiger partial charge is 0.461 e. The van der Waals surface area contributed by atoms with Gasteiger partial charge in [-0.05, 0) is 49.3 Å². The number of allylic oxidation sites excluding steroid dienone is 1. The molecule has 2 N–H and O–H groups in total. The van der Waals surface area contributed by atoms with Gasteiger partial charge in [0.1, 0.15) is 6.10 Å². The third-order valence-corrected chi connectivity index (χ3v) is 7.20. The second-order valence-corrected chi connectivity index (χ2v) is 10.3. The van der Waals surface area contributed by atoms with E-state index >= 15 is 0 Å². The summed E-state index contributed by atoms with van der Waals surface area (Å²) in [6.45, 7) is 1.56. The number of rotatable bonds is 6. The average molecular weight is 508 g/mol. The molecule has 3 aromatic rings. The average Bonchev–Trinajstić information content (AvgIpc) is 3.21. The minimum absolute atomic E-state index is 0.0135. The lowest BCUT2D eigenvalue weighted by atomic mass is 9.81. The highest BCUT2D eigenvalue weighted by Crippen LogP contribution is 2.34. The van der Waals surface area contributed by atoms with Crippen LogP contribution in [-0.2, 0) is 9.59 Å². The zero-order valence-electron chi connectivity index (χ0n) is 20.7. The van der Waals surface area contributed by atoms with Crippen LogP contribution in [0.2, 0.25) is 5.02 Å². The number of hydrogen-bond acceptors (Lipinski definition) is 5. The summed E-state index contributed by atoms with van der Waals surface area (Å²) in [6, 6.07) is 10.6. The number of fused-ring (bicyclic) bond motifs is 1. The molecule has 2 aliphatic rings. The molecule has 0 bridgehead atoms. The number of hydrogen-bond donors (Lipinski definition) is 2. The van der Waals surface area contributed by atoms with E-state index < -0.39 is 0 Å². The van der Waals surface area contributed by atoms with Crippen LogP contribution in [-0.4, -0.2) is 57.9 Å². The number of halogens is 1. The maximum atomic E-state index is 12.0. The number of aromatic amines is 1. The third-order valence-electron chi connectivity index (χ3n) is 6.92. The Kier molecular flexibility index (Phi) is 6.71. The van der Waals surface area contributed by atoms with Crippen molar-refractivity contribution >= 4 is 40.2 Å². The van der Waals surface area contributed by atoms with Gasteiger partial charge in [0.15, 0.2) is 5.65 Å². The molecule has 0 saturated heterocycles. The highest BCUT2D eigenvalue weighted by molar-refractivity contribution is 6.33. The van der Waals surface area contributed by atoms with Crippen LogP contribution in [0.5, 0.6) is 6.01 Å². The molecule has 0 spiro atoms. The first-order chi connectivity index (χ1) is 17.3. The normalized spacial score (nSPS) is 21.4. The summed E-state index contributed by atoms with van der Waals surface area (Å²) in [5.74, 6) is 0.170. The number of H-pyrrole nitrogens is 1. The summed E-state index contributed by atoms with van der Waals surface area (Å²) < 4.78 is 5.94. The molecule has 2 aliphatic carbocycles. The fraction of sp³-hybridized carbons (Fsp3) is 0.407. The van der Waals surface area contributed by atoms with Crippen LogP contribution in [0.25, 0.3) is 28.0 Å². The molecule has 2 heterocycles. The molecule has 2 aromatic heterocycles. The number of aromatic nitrogens is 3. The Morgan fingerprint density at radius 2 is 1.86 bits per heavy atom. The number of amides is 2. The fourth-order valence-electron chi connectivity index (χ4n) is 4.90. The monoisotopic (exact) mass is 507 g/mol. The van der Waals surface area contributed by atoms with Crippen molar-refractivity contribution in [1.82, 2.24) is 25.2 Å². The van der Waals surface area contributed by atoms with Crippen LogP contribution in [0.15, 0.2) is 36.4 Å². The first-order valence-electron chi connectivity index (χ1n) is 12.3. The Bertz CT molecular complexity index is 1330. The lowest BCUT2D eigenvalue weighted by Crippen LogP contribution is -2.43. The third kappa shape index (κ3) is 5.09. The molecule has 5 rings (SSSR count). The van der Waals surface area contributed by atoms with Gasteiger partial charge >= 0.3 is 0 Å². The van der Waals surface area contributed by atoms with Gasteiger partial charge in [-0.1, -0.05) is 41.9 Å². The summed E-state index contributed by atoms with van der Waals surface area (Å²) in [4.78, 5) is 37.3. The van der Waals surface area contributed by atoms with Crippen LogP contribution >= 0.6 is 11.6 Å². The van der Waals surface area contributed by atoms with Gasteiger partial charge in [-0.2, -0.15) is 4.98 Å². The Hall–Kier alpha value is -3.39. The van der Waals surface area contributed by atoms with Crippen molar-refractivity contribution in [2.24, 2.45) is 5.92 Å². The molecule has 8 nitrogen and oxygen atoms in total. The lowest BCUT2D eigenvalue weighted by Gasteiger charge is -2.34. The number of nitrogens with one attached hydrogen (secondary N) is 2. The molecular weight excluding hydrogens is 478 g/mol. The van der Waals surface area contributed by atoms with E-state index in [0.29, 0.717) is 40.7 Å². The predicted molar refractivity (Wildman–Crippen MR) is 140 cm³/mol. The van der Waals surface area contributed by atoms with Crippen LogP contribution in [0, 0.1) is 5.92 Å². The summed E-state index contributed by atoms with van der Waals surface area (Å²) in [5.41, 5.74) is 5.27. The van der Waals surface area contributed by atoms with Gasteiger partial charge in [-0.15, -0.1) is 0 Å². The summed E-state index contributed by atoms with van der Waals surface area (Å²) >= 11 is 6.58. The van der Waals surface area contributed by atoms with E-state index in [1.807, 2.05) is 18.2 Å². The first kappa shape index (κ1) is 24.3. The van der Waals surface area contributed by atoms with Crippen molar-refractivity contribution in [3.8, 4) is 17.3 Å². The van der Waals surface area contributed by atoms with Gasteiger partial charge in [-0.25, -0.2) is 4.98 Å². The van der Waals surface area contributed by atoms with E-state index in [4.69, 9.17) is 21.3 Å². The Balaban J connectivity index is 1.27. The molecule has 36 heavy (non-hydrogen) atoms. The van der Waals surface area contributed by atoms with E-state index in [2.05, 4.69) is 33.5 Å². The van der Waals surface area contributed by atoms with Crippen LogP contribution in [0.4, 0.5) is 0 Å². The molecule has 1 saturated carbocycles. The molecular formula is C27H30ClN5O3. The van der Waals surface area contributed by atoms with E-state index in [1.54, 1.807) is 25.9 Å². The Morgan fingerprint density at radius 3 is 2.50 bits per heavy atom. The molecule has 0 radical (unpaired) electrons. The molecule has 2 amide bonds. The van der Waals surface area contributed by atoms with Gasteiger partial charge in [0.05, 0.1) is 16.2 Å². The number of nitrogens with zero attached hydrogens (tertiary/aromatic N) is 3. The highest BCUT2D eigenvalue weighted by Gasteiger charge is 2.37. The fourth-order valence-corrected chi connectivity index (χ4v) is 5.16. The predicted octanol–water partition coefficient (Wildman–Crippen LogP) is 4.60. The van der Waals surface area contributed by atoms with E-state index in [1.165, 1.54) is 11.1 Å². The van der Waals surface area contributed by atoms with Gasteiger partial charge < -0.3 is 19.9 Å². The van der Waals surface area contributed by atoms with Crippen LogP contribution in [0.1, 0.15) is 44.6 Å². The van der Waals surface area contributed by atoms with Crippen molar-refractivity contribution in [2.45, 2.75) is 51.2 Å². The summed E-state index contributed by atoms with van der Waals surface area (Å²) in [6.07, 6.45) is 6.25. The molecule has 1 atom stereocenters. The smallest absolute Gasteiger partial charge is 0.296 e. The van der Waals surface area contributed by atoms with Crippen LogP contribution in [0.3, 0.4) is 0 Å². The van der Waals surface area contributed by atoms with E-state index in [9.17, 15) is 9.59 Å². The van der Waals surface area contributed by atoms with Crippen molar-refractivity contribution in [3.05, 3.63) is 47.0 Å². The summed E-state index contributed by atoms with van der Waals surface area (Å²) in [5, 5.41) is 3.52. The van der Waals surface area contributed by atoms with Gasteiger partial charge in [-0.3, -0.25) is 9.59 Å². The number of carbonyl (C=O) groups excluding carboxylic acids is 2. The van der Waals surface area contributed by atoms with Gasteiger partial charge in [0.2, 0.25) is 11.8 Å². The number of carbonyl (C=O) groups is 2. The highest BCUT2D eigenvalue weighted by atomic mass is 35.5. The minimum Gasteiger partial charge on any atom is -0.461 e. The Labute approximate surface area is 215 Å². The van der Waals surface area contributed by atoms with E-state index in [-0.39, 0.29) is 29.9 Å². The number of imidazole rings is 1. The SMILES string of the molecule is CC(=O)NC1CC=C(c2ccc(-c3nc4nc(O[C@H]5C[C@@H](C(=O)N(C)C)C5)[nH]c4cc3Cl)cc2)CC1. The van der Waals surface area contributed by atoms with E-state index in [0.717, 1.165) is 24.8 Å². The Morgan fingerprint density at radius 1 is 1.14 bits per heavy atom. The molecule has 188 valence electrons. The topological polar surface area (TPSA) is 100 Å². The lowest BCUT2D eigenvalue weighted by molar-refractivity contribution is -0.139. The molecule has 9 heteroatoms. The van der Waals surface area contributed by atoms with Crippen molar-refractivity contribution in [1.29, 1.82) is 0 Å². The van der Waals surface area contributed by atoms with Gasteiger partial charge in [0.25, 0.3) is 6.01 Å². The quantitative estimate of drug-likeness (QED) is 0.508. The molecule has 1 fully saturated rings. The number of ether oxygens (including phenoxy) is 1.